The van der Waals surface area contributed by atoms with Crippen LogP contribution in [0.2, 0.25) is 5.02 Å². The largest absolute Gasteiger partial charge is 0.497 e. The molecule has 0 radical (unpaired) electrons. The van der Waals surface area contributed by atoms with Crippen molar-refractivity contribution in [1.29, 1.82) is 0 Å². The molecule has 0 fully saturated rings. The van der Waals surface area contributed by atoms with Gasteiger partial charge in [0.05, 0.1) is 30.9 Å². The summed E-state index contributed by atoms with van der Waals surface area (Å²) in [6.07, 6.45) is -0.0189. The van der Waals surface area contributed by atoms with E-state index in [0.717, 1.165) is 9.87 Å². The Balaban J connectivity index is 1.81. The number of sulfonamides is 1. The molecule has 0 unspecified atom stereocenters. The average Bonchev–Trinajstić information content (AvgIpc) is 2.86. The minimum absolute atomic E-state index is 0.0153. The molecule has 0 atom stereocenters. The van der Waals surface area contributed by atoms with E-state index in [9.17, 15) is 13.2 Å². The van der Waals surface area contributed by atoms with Crippen LogP contribution in [-0.2, 0) is 21.4 Å². The quantitative estimate of drug-likeness (QED) is 0.386. The molecule has 3 aromatic carbocycles. The lowest BCUT2D eigenvalue weighted by molar-refractivity contribution is -0.119. The lowest BCUT2D eigenvalue weighted by Crippen LogP contribution is -2.40. The van der Waals surface area contributed by atoms with Crippen molar-refractivity contribution in [3.8, 4) is 17.2 Å². The second-order valence-electron chi connectivity index (χ2n) is 8.10. The van der Waals surface area contributed by atoms with Gasteiger partial charge in [-0.2, -0.15) is 0 Å². The molecule has 1 N–H and O–H groups in total. The maximum absolute atomic E-state index is 13.5. The first-order valence-corrected chi connectivity index (χ1v) is 13.0. The number of benzene rings is 3. The number of halogens is 1. The van der Waals surface area contributed by atoms with Crippen molar-refractivity contribution in [2.75, 3.05) is 25.1 Å². The number of anilines is 1. The number of hydrogen-bond acceptors (Lipinski definition) is 6. The van der Waals surface area contributed by atoms with Gasteiger partial charge in [-0.15, -0.1) is 0 Å². The molecule has 3 aromatic rings. The fraction of sp³-hybridized carbons (Fsp3) is 0.269. The molecule has 1 amide bonds. The Morgan fingerprint density at radius 3 is 2.31 bits per heavy atom. The highest BCUT2D eigenvalue weighted by Gasteiger charge is 2.27. The van der Waals surface area contributed by atoms with Gasteiger partial charge in [0.1, 0.15) is 12.3 Å². The van der Waals surface area contributed by atoms with Crippen LogP contribution < -0.4 is 23.8 Å². The zero-order chi connectivity index (χ0) is 26.3. The van der Waals surface area contributed by atoms with Crippen molar-refractivity contribution in [1.82, 2.24) is 5.32 Å². The van der Waals surface area contributed by atoms with Gasteiger partial charge in [-0.25, -0.2) is 8.42 Å². The van der Waals surface area contributed by atoms with Crippen LogP contribution in [0.1, 0.15) is 19.4 Å². The van der Waals surface area contributed by atoms with Gasteiger partial charge in [-0.05, 0) is 74.0 Å². The van der Waals surface area contributed by atoms with E-state index in [2.05, 4.69) is 5.32 Å². The molecule has 3 rings (SSSR count). The number of nitrogens with zero attached hydrogens (tertiary/aromatic N) is 1. The maximum Gasteiger partial charge on any atom is 0.264 e. The monoisotopic (exact) mass is 532 g/mol. The third-order valence-corrected chi connectivity index (χ3v) is 7.13. The zero-order valence-electron chi connectivity index (χ0n) is 20.5. The highest BCUT2D eigenvalue weighted by Crippen LogP contribution is 2.29. The van der Waals surface area contributed by atoms with E-state index in [4.69, 9.17) is 25.8 Å². The SMILES string of the molecule is COc1ccc(S(=O)(=O)N(CC(=O)NCc2ccc(OC(C)C)c(OC)c2)c2cccc(Cl)c2)cc1. The predicted octanol–water partition coefficient (Wildman–Crippen LogP) is 4.66. The molecule has 8 nitrogen and oxygen atoms in total. The van der Waals surface area contributed by atoms with E-state index in [1.54, 1.807) is 42.5 Å². The standard InChI is InChI=1S/C26H29ClN2O6S/c1-18(2)35-24-13-8-19(14-25(24)34-4)16-28-26(30)17-29(21-7-5-6-20(27)15-21)36(31,32)23-11-9-22(33-3)10-12-23/h5-15,18H,16-17H2,1-4H3,(H,28,30). The third kappa shape index (κ3) is 6.83. The molecule has 0 bridgehead atoms. The third-order valence-electron chi connectivity index (χ3n) is 5.11. The van der Waals surface area contributed by atoms with E-state index in [-0.39, 0.29) is 23.2 Å². The van der Waals surface area contributed by atoms with Crippen LogP contribution >= 0.6 is 11.6 Å². The molecule has 10 heteroatoms. The van der Waals surface area contributed by atoms with Gasteiger partial charge >= 0.3 is 0 Å². The average molecular weight is 533 g/mol. The highest BCUT2D eigenvalue weighted by atomic mass is 35.5. The Morgan fingerprint density at radius 1 is 0.972 bits per heavy atom. The van der Waals surface area contributed by atoms with Crippen molar-refractivity contribution in [2.24, 2.45) is 0 Å². The molecule has 36 heavy (non-hydrogen) atoms. The smallest absolute Gasteiger partial charge is 0.264 e. The van der Waals surface area contributed by atoms with Crippen molar-refractivity contribution in [3.63, 3.8) is 0 Å². The van der Waals surface area contributed by atoms with Gasteiger partial charge in [0, 0.05) is 11.6 Å². The van der Waals surface area contributed by atoms with Crippen LogP contribution in [0, 0.1) is 0 Å². The molecule has 0 aliphatic rings. The zero-order valence-corrected chi connectivity index (χ0v) is 22.1. The fourth-order valence-electron chi connectivity index (χ4n) is 3.38. The molecule has 0 heterocycles. The predicted molar refractivity (Wildman–Crippen MR) is 140 cm³/mol. The summed E-state index contributed by atoms with van der Waals surface area (Å²) in [6, 6.07) is 17.6. The Kier molecular flexibility index (Phi) is 9.06. The summed E-state index contributed by atoms with van der Waals surface area (Å²) in [4.78, 5) is 12.9. The molecule has 0 aliphatic heterocycles. The number of hydrogen-bond donors (Lipinski definition) is 1. The van der Waals surface area contributed by atoms with Crippen LogP contribution in [-0.4, -0.2) is 41.2 Å². The number of rotatable bonds is 11. The van der Waals surface area contributed by atoms with Crippen molar-refractivity contribution in [2.45, 2.75) is 31.4 Å². The van der Waals surface area contributed by atoms with Crippen LogP contribution in [0.5, 0.6) is 17.2 Å². The first-order valence-electron chi connectivity index (χ1n) is 11.2. The summed E-state index contributed by atoms with van der Waals surface area (Å²) in [7, 11) is -1.05. The topological polar surface area (TPSA) is 94.2 Å². The van der Waals surface area contributed by atoms with Gasteiger partial charge in [0.2, 0.25) is 5.91 Å². The van der Waals surface area contributed by atoms with E-state index < -0.39 is 22.5 Å². The minimum Gasteiger partial charge on any atom is -0.497 e. The first-order chi connectivity index (χ1) is 17.1. The highest BCUT2D eigenvalue weighted by molar-refractivity contribution is 7.92. The lowest BCUT2D eigenvalue weighted by Gasteiger charge is -2.24. The van der Waals surface area contributed by atoms with Crippen molar-refractivity contribution in [3.05, 3.63) is 77.3 Å². The summed E-state index contributed by atoms with van der Waals surface area (Å²) in [5, 5.41) is 3.12. The number of methoxy groups -OCH3 is 2. The number of carbonyl (C=O) groups is 1. The van der Waals surface area contributed by atoms with Crippen LogP contribution in [0.25, 0.3) is 0 Å². The molecule has 0 aromatic heterocycles. The lowest BCUT2D eigenvalue weighted by atomic mass is 10.2. The number of carbonyl (C=O) groups excluding carboxylic acids is 1. The van der Waals surface area contributed by atoms with E-state index >= 15 is 0 Å². The second kappa shape index (κ2) is 12.0. The van der Waals surface area contributed by atoms with Crippen LogP contribution in [0.4, 0.5) is 5.69 Å². The molecule has 0 spiro atoms. The number of amides is 1. The molecular formula is C26H29ClN2O6S. The summed E-state index contributed by atoms with van der Waals surface area (Å²) in [5.74, 6) is 1.16. The Hall–Kier alpha value is -3.43. The summed E-state index contributed by atoms with van der Waals surface area (Å²) < 4.78 is 44.2. The Bertz CT molecular complexity index is 1300. The van der Waals surface area contributed by atoms with Gasteiger partial charge in [-0.1, -0.05) is 23.7 Å². The molecule has 0 saturated heterocycles. The Labute approximate surface area is 216 Å². The molecular weight excluding hydrogens is 504 g/mol. The minimum atomic E-state index is -4.08. The van der Waals surface area contributed by atoms with Crippen molar-refractivity contribution >= 4 is 33.2 Å². The summed E-state index contributed by atoms with van der Waals surface area (Å²) in [5.41, 5.74) is 1.04. The molecule has 192 valence electrons. The van der Waals surface area contributed by atoms with Gasteiger partial charge in [0.15, 0.2) is 11.5 Å². The second-order valence-corrected chi connectivity index (χ2v) is 10.4. The van der Waals surface area contributed by atoms with E-state index in [1.165, 1.54) is 32.4 Å². The summed E-state index contributed by atoms with van der Waals surface area (Å²) >= 11 is 6.11. The Morgan fingerprint density at radius 2 is 1.69 bits per heavy atom. The van der Waals surface area contributed by atoms with Gasteiger partial charge in [0.25, 0.3) is 10.0 Å². The molecule has 0 saturated carbocycles. The van der Waals surface area contributed by atoms with Gasteiger partial charge in [-0.3, -0.25) is 9.10 Å². The van der Waals surface area contributed by atoms with Crippen LogP contribution in [0.3, 0.4) is 0 Å². The van der Waals surface area contributed by atoms with E-state index in [1.807, 2.05) is 19.9 Å². The maximum atomic E-state index is 13.5. The first kappa shape index (κ1) is 27.2. The van der Waals surface area contributed by atoms with Gasteiger partial charge < -0.3 is 19.5 Å². The van der Waals surface area contributed by atoms with Crippen LogP contribution in [0.15, 0.2) is 71.6 Å². The fourth-order valence-corrected chi connectivity index (χ4v) is 4.98. The molecule has 0 aliphatic carbocycles. The van der Waals surface area contributed by atoms with E-state index in [0.29, 0.717) is 22.3 Å². The number of nitrogens with one attached hydrogen (secondary N) is 1. The number of ether oxygens (including phenoxy) is 3. The van der Waals surface area contributed by atoms with Crippen molar-refractivity contribution < 1.29 is 27.4 Å². The normalized spacial score (nSPS) is 11.2. The summed E-state index contributed by atoms with van der Waals surface area (Å²) in [6.45, 7) is 3.56.